The Bertz CT molecular complexity index is 655. The molecule has 0 aromatic heterocycles. The fourth-order valence-corrected chi connectivity index (χ4v) is 2.69. The number of amides is 1. The Morgan fingerprint density at radius 3 is 2.09 bits per heavy atom. The van der Waals surface area contributed by atoms with E-state index in [1.807, 2.05) is 48.5 Å². The zero-order chi connectivity index (χ0) is 16.7. The van der Waals surface area contributed by atoms with Crippen LogP contribution in [0.2, 0.25) is 0 Å². The lowest BCUT2D eigenvalue weighted by Gasteiger charge is -2.30. The van der Waals surface area contributed by atoms with Gasteiger partial charge in [0.15, 0.2) is 5.41 Å². The maximum absolute atomic E-state index is 12.8. The first-order chi connectivity index (χ1) is 11.1. The third-order valence-corrected chi connectivity index (χ3v) is 3.82. The summed E-state index contributed by atoms with van der Waals surface area (Å²) in [5.74, 6) is -0.902. The van der Waals surface area contributed by atoms with Gasteiger partial charge in [0.05, 0.1) is 6.61 Å². The number of esters is 1. The molecule has 2 aromatic carbocycles. The Morgan fingerprint density at radius 1 is 1.00 bits per heavy atom. The summed E-state index contributed by atoms with van der Waals surface area (Å²) in [5, 5.41) is 2.62. The first-order valence-corrected chi connectivity index (χ1v) is 7.64. The normalized spacial score (nSPS) is 13.0. The Kier molecular flexibility index (Phi) is 5.52. The van der Waals surface area contributed by atoms with E-state index in [0.29, 0.717) is 5.56 Å². The van der Waals surface area contributed by atoms with Gasteiger partial charge in [-0.2, -0.15) is 0 Å². The van der Waals surface area contributed by atoms with Crippen LogP contribution in [0.25, 0.3) is 0 Å². The van der Waals surface area contributed by atoms with E-state index in [2.05, 4.69) is 5.32 Å². The molecule has 0 radical (unpaired) electrons. The van der Waals surface area contributed by atoms with Crippen molar-refractivity contribution in [3.8, 4) is 0 Å². The maximum atomic E-state index is 12.8. The molecule has 0 bridgehead atoms. The van der Waals surface area contributed by atoms with Gasteiger partial charge in [-0.25, -0.2) is 0 Å². The molecule has 1 N–H and O–H groups in total. The van der Waals surface area contributed by atoms with Gasteiger partial charge in [-0.1, -0.05) is 60.7 Å². The molecule has 2 aromatic rings. The number of nitrogens with one attached hydrogen (secondary N) is 1. The predicted octanol–water partition coefficient (Wildman–Crippen LogP) is 2.48. The van der Waals surface area contributed by atoms with Gasteiger partial charge in [-0.3, -0.25) is 9.59 Å². The predicted molar refractivity (Wildman–Crippen MR) is 89.0 cm³/mol. The molecule has 2 rings (SSSR count). The van der Waals surface area contributed by atoms with Crippen LogP contribution < -0.4 is 5.32 Å². The lowest BCUT2D eigenvalue weighted by Crippen LogP contribution is -2.51. The van der Waals surface area contributed by atoms with Crippen LogP contribution in [0.15, 0.2) is 60.7 Å². The highest BCUT2D eigenvalue weighted by atomic mass is 16.5. The number of carbonyl (C=O) groups is 2. The Balaban J connectivity index is 2.59. The van der Waals surface area contributed by atoms with Crippen molar-refractivity contribution in [1.29, 1.82) is 0 Å². The smallest absolute Gasteiger partial charge is 0.326 e. The third kappa shape index (κ3) is 3.42. The van der Waals surface area contributed by atoms with E-state index in [4.69, 9.17) is 4.74 Å². The molecule has 0 heterocycles. The van der Waals surface area contributed by atoms with Gasteiger partial charge in [-0.05, 0) is 18.1 Å². The van der Waals surface area contributed by atoms with Gasteiger partial charge in [0, 0.05) is 13.5 Å². The van der Waals surface area contributed by atoms with Crippen LogP contribution in [0.4, 0.5) is 0 Å². The number of rotatable bonds is 6. The molecule has 23 heavy (non-hydrogen) atoms. The molecule has 4 heteroatoms. The molecule has 0 fully saturated rings. The molecule has 0 aliphatic carbocycles. The van der Waals surface area contributed by atoms with Crippen LogP contribution >= 0.6 is 0 Å². The van der Waals surface area contributed by atoms with Crippen LogP contribution in [-0.2, 0) is 26.2 Å². The number of benzene rings is 2. The summed E-state index contributed by atoms with van der Waals surface area (Å²) in [4.78, 5) is 25.5. The lowest BCUT2D eigenvalue weighted by atomic mass is 9.74. The monoisotopic (exact) mass is 311 g/mol. The van der Waals surface area contributed by atoms with Crippen molar-refractivity contribution in [2.24, 2.45) is 0 Å². The number of likely N-dealkylation sites (N-methyl/N-ethyl adjacent to an activating group) is 1. The van der Waals surface area contributed by atoms with Crippen molar-refractivity contribution >= 4 is 11.9 Å². The summed E-state index contributed by atoms with van der Waals surface area (Å²) in [5.41, 5.74) is 0.127. The van der Waals surface area contributed by atoms with E-state index in [9.17, 15) is 9.59 Å². The third-order valence-electron chi connectivity index (χ3n) is 3.82. The van der Waals surface area contributed by atoms with Gasteiger partial charge in [0.2, 0.25) is 5.91 Å². The quantitative estimate of drug-likeness (QED) is 0.658. The molecule has 0 aliphatic heterocycles. The van der Waals surface area contributed by atoms with Crippen molar-refractivity contribution in [2.45, 2.75) is 18.8 Å². The lowest BCUT2D eigenvalue weighted by molar-refractivity contribution is -0.154. The second-order valence-electron chi connectivity index (χ2n) is 5.23. The van der Waals surface area contributed by atoms with Gasteiger partial charge in [0.1, 0.15) is 0 Å². The SMILES string of the molecule is CCOC(=O)C(Cc1ccccc1)(C(=O)NC)c1ccccc1. The first kappa shape index (κ1) is 16.7. The van der Waals surface area contributed by atoms with Crippen molar-refractivity contribution in [1.82, 2.24) is 5.32 Å². The molecule has 4 nitrogen and oxygen atoms in total. The summed E-state index contributed by atoms with van der Waals surface area (Å²) >= 11 is 0. The van der Waals surface area contributed by atoms with Crippen molar-refractivity contribution in [3.05, 3.63) is 71.8 Å². The Hall–Kier alpha value is -2.62. The number of ether oxygens (including phenoxy) is 1. The minimum absolute atomic E-state index is 0.221. The van der Waals surface area contributed by atoms with Gasteiger partial charge < -0.3 is 10.1 Å². The molecule has 1 unspecified atom stereocenters. The van der Waals surface area contributed by atoms with E-state index in [-0.39, 0.29) is 18.9 Å². The Labute approximate surface area is 136 Å². The standard InChI is InChI=1S/C19H21NO3/c1-3-23-18(22)19(17(21)20-2,16-12-8-5-9-13-16)14-15-10-6-4-7-11-15/h4-13H,3,14H2,1-2H3,(H,20,21). The average Bonchev–Trinajstić information content (AvgIpc) is 2.60. The number of hydrogen-bond donors (Lipinski definition) is 1. The Morgan fingerprint density at radius 2 is 1.57 bits per heavy atom. The van der Waals surface area contributed by atoms with Gasteiger partial charge >= 0.3 is 5.97 Å². The molecule has 120 valence electrons. The van der Waals surface area contributed by atoms with Crippen LogP contribution in [-0.4, -0.2) is 25.5 Å². The minimum Gasteiger partial charge on any atom is -0.465 e. The molecule has 0 saturated carbocycles. The van der Waals surface area contributed by atoms with Crippen LogP contribution in [0, 0.1) is 0 Å². The van der Waals surface area contributed by atoms with E-state index in [1.165, 1.54) is 7.05 Å². The highest BCUT2D eigenvalue weighted by molar-refractivity contribution is 6.09. The largest absolute Gasteiger partial charge is 0.465 e. The van der Waals surface area contributed by atoms with E-state index >= 15 is 0 Å². The maximum Gasteiger partial charge on any atom is 0.326 e. The van der Waals surface area contributed by atoms with E-state index in [1.54, 1.807) is 19.1 Å². The fourth-order valence-electron chi connectivity index (χ4n) is 2.69. The summed E-state index contributed by atoms with van der Waals surface area (Å²) in [6, 6.07) is 18.5. The second-order valence-corrected chi connectivity index (χ2v) is 5.23. The molecular formula is C19H21NO3. The summed E-state index contributed by atoms with van der Waals surface area (Å²) in [6.07, 6.45) is 0.246. The summed E-state index contributed by atoms with van der Waals surface area (Å²) < 4.78 is 5.26. The van der Waals surface area contributed by atoms with Crippen LogP contribution in [0.1, 0.15) is 18.1 Å². The first-order valence-electron chi connectivity index (χ1n) is 7.64. The van der Waals surface area contributed by atoms with Crippen molar-refractivity contribution in [3.63, 3.8) is 0 Å². The zero-order valence-electron chi connectivity index (χ0n) is 13.4. The van der Waals surface area contributed by atoms with E-state index in [0.717, 1.165) is 5.56 Å². The van der Waals surface area contributed by atoms with Crippen molar-refractivity contribution in [2.75, 3.05) is 13.7 Å². The fraction of sp³-hybridized carbons (Fsp3) is 0.263. The van der Waals surface area contributed by atoms with Crippen molar-refractivity contribution < 1.29 is 14.3 Å². The van der Waals surface area contributed by atoms with Gasteiger partial charge in [0.25, 0.3) is 0 Å². The molecule has 0 spiro atoms. The van der Waals surface area contributed by atoms with Crippen LogP contribution in [0.3, 0.4) is 0 Å². The summed E-state index contributed by atoms with van der Waals surface area (Å²) in [6.45, 7) is 1.96. The number of carbonyl (C=O) groups excluding carboxylic acids is 2. The number of hydrogen-bond acceptors (Lipinski definition) is 3. The highest BCUT2D eigenvalue weighted by Gasteiger charge is 2.48. The minimum atomic E-state index is -1.40. The van der Waals surface area contributed by atoms with E-state index < -0.39 is 11.4 Å². The molecule has 0 saturated heterocycles. The zero-order valence-corrected chi connectivity index (χ0v) is 13.4. The van der Waals surface area contributed by atoms with Gasteiger partial charge in [-0.15, -0.1) is 0 Å². The highest BCUT2D eigenvalue weighted by Crippen LogP contribution is 2.31. The molecule has 1 atom stereocenters. The average molecular weight is 311 g/mol. The molecule has 0 aliphatic rings. The van der Waals surface area contributed by atoms with Crippen LogP contribution in [0.5, 0.6) is 0 Å². The molecule has 1 amide bonds. The topological polar surface area (TPSA) is 55.4 Å². The molecular weight excluding hydrogens is 290 g/mol. The summed E-state index contributed by atoms with van der Waals surface area (Å²) in [7, 11) is 1.53. The second kappa shape index (κ2) is 7.58.